The van der Waals surface area contributed by atoms with Crippen molar-refractivity contribution in [3.63, 3.8) is 0 Å². The van der Waals surface area contributed by atoms with Gasteiger partial charge in [-0.25, -0.2) is 0 Å². The minimum atomic E-state index is -0.271. The number of aromatic hydroxyl groups is 2. The smallest absolute Gasteiger partial charge is 0.142 e. The van der Waals surface area contributed by atoms with Gasteiger partial charge in [0.1, 0.15) is 46.9 Å². The Morgan fingerprint density at radius 3 is 1.06 bits per heavy atom. The molecule has 2 N–H and O–H groups in total. The average molecular weight is 432 g/mol. The second-order valence-corrected chi connectivity index (χ2v) is 6.99. The van der Waals surface area contributed by atoms with Gasteiger partial charge in [0, 0.05) is 10.8 Å². The number of phenols is 2. The summed E-state index contributed by atoms with van der Waals surface area (Å²) in [5, 5.41) is 58.3. The van der Waals surface area contributed by atoms with E-state index in [0.29, 0.717) is 21.9 Å². The van der Waals surface area contributed by atoms with Gasteiger partial charge in [-0.2, -0.15) is 21.0 Å². The number of fused-ring (bicyclic) bond motifs is 2. The van der Waals surface area contributed by atoms with Gasteiger partial charge >= 0.3 is 0 Å². The predicted molar refractivity (Wildman–Crippen MR) is 126 cm³/mol. The molecule has 33 heavy (non-hydrogen) atoms. The Morgan fingerprint density at radius 2 is 0.788 bits per heavy atom. The molecule has 6 heteroatoms. The van der Waals surface area contributed by atoms with Crippen LogP contribution in [0.3, 0.4) is 0 Å². The van der Waals surface area contributed by atoms with E-state index < -0.39 is 0 Å². The first kappa shape index (κ1) is 24.2. The molecule has 0 radical (unpaired) electrons. The lowest BCUT2D eigenvalue weighted by molar-refractivity contribution is 0.466. The lowest BCUT2D eigenvalue weighted by Gasteiger charge is -2.10. The van der Waals surface area contributed by atoms with Crippen molar-refractivity contribution >= 4 is 21.5 Å². The quantitative estimate of drug-likeness (QED) is 0.335. The van der Waals surface area contributed by atoms with Crippen LogP contribution in [-0.2, 0) is 0 Å². The monoisotopic (exact) mass is 432 g/mol. The zero-order valence-electron chi connectivity index (χ0n) is 17.3. The predicted octanol–water partition coefficient (Wildman–Crippen LogP) is 5.83. The van der Waals surface area contributed by atoms with Crippen molar-refractivity contribution in [1.82, 2.24) is 0 Å². The van der Waals surface area contributed by atoms with Gasteiger partial charge in [-0.15, -0.1) is 0 Å². The first-order chi connectivity index (χ1) is 15.4. The van der Waals surface area contributed by atoms with Gasteiger partial charge in [-0.05, 0) is 35.7 Å². The highest BCUT2D eigenvalue weighted by atomic mass is 16.3. The van der Waals surface area contributed by atoms with Crippen molar-refractivity contribution in [3.05, 3.63) is 81.9 Å². The summed E-state index contributed by atoms with van der Waals surface area (Å²) >= 11 is 0. The average Bonchev–Trinajstić information content (AvgIpc) is 2.83. The fraction of sp³-hybridized carbons (Fsp3) is 0.111. The SMILES string of the molecule is C.Cc1c(C#N)c(C#N)c(C)c2ccccc12.N#Cc1c(C#N)c(O)c2ccccc2c1O. The van der Waals surface area contributed by atoms with Crippen LogP contribution in [0.2, 0.25) is 0 Å². The van der Waals surface area contributed by atoms with E-state index >= 15 is 0 Å². The number of hydrogen-bond acceptors (Lipinski definition) is 6. The third kappa shape index (κ3) is 3.98. The lowest BCUT2D eigenvalue weighted by atomic mass is 9.91. The maximum Gasteiger partial charge on any atom is 0.142 e. The Bertz CT molecular complexity index is 1320. The highest BCUT2D eigenvalue weighted by Gasteiger charge is 2.18. The first-order valence-electron chi connectivity index (χ1n) is 9.50. The van der Waals surface area contributed by atoms with Gasteiger partial charge in [0.15, 0.2) is 0 Å². The van der Waals surface area contributed by atoms with Crippen molar-refractivity contribution in [2.75, 3.05) is 0 Å². The summed E-state index contributed by atoms with van der Waals surface area (Å²) in [4.78, 5) is 0. The molecule has 0 saturated heterocycles. The van der Waals surface area contributed by atoms with E-state index in [4.69, 9.17) is 21.0 Å². The Hall–Kier alpha value is -5.04. The van der Waals surface area contributed by atoms with Crippen molar-refractivity contribution in [1.29, 1.82) is 21.0 Å². The van der Waals surface area contributed by atoms with Crippen LogP contribution in [0.1, 0.15) is 40.8 Å². The van der Waals surface area contributed by atoms with E-state index in [-0.39, 0.29) is 30.1 Å². The molecule has 0 heterocycles. The molecule has 4 aromatic rings. The maximum atomic E-state index is 9.80. The molecule has 0 atom stereocenters. The molecule has 4 aromatic carbocycles. The molecule has 0 spiro atoms. The Morgan fingerprint density at radius 1 is 0.515 bits per heavy atom. The number of rotatable bonds is 0. The summed E-state index contributed by atoms with van der Waals surface area (Å²) in [5.74, 6) is -0.542. The molecule has 0 aliphatic carbocycles. The molecule has 0 unspecified atom stereocenters. The summed E-state index contributed by atoms with van der Waals surface area (Å²) < 4.78 is 0. The second-order valence-electron chi connectivity index (χ2n) is 6.99. The number of aryl methyl sites for hydroxylation is 2. The van der Waals surface area contributed by atoms with Crippen molar-refractivity contribution in [2.45, 2.75) is 21.3 Å². The molecular formula is C27H20N4O2. The molecule has 4 rings (SSSR count). The van der Waals surface area contributed by atoms with Gasteiger partial charge in [-0.3, -0.25) is 0 Å². The summed E-state index contributed by atoms with van der Waals surface area (Å²) in [6.07, 6.45) is 0. The summed E-state index contributed by atoms with van der Waals surface area (Å²) in [6, 6.07) is 22.0. The molecule has 0 saturated carbocycles. The van der Waals surface area contributed by atoms with Gasteiger partial charge in [-0.1, -0.05) is 56.0 Å². The largest absolute Gasteiger partial charge is 0.506 e. The number of benzene rings is 4. The summed E-state index contributed by atoms with van der Waals surface area (Å²) in [7, 11) is 0. The van der Waals surface area contributed by atoms with Crippen molar-refractivity contribution < 1.29 is 10.2 Å². The highest BCUT2D eigenvalue weighted by Crippen LogP contribution is 2.38. The van der Waals surface area contributed by atoms with Crippen LogP contribution in [0.25, 0.3) is 21.5 Å². The van der Waals surface area contributed by atoms with E-state index in [0.717, 1.165) is 21.9 Å². The molecule has 0 aromatic heterocycles. The van der Waals surface area contributed by atoms with Crippen LogP contribution in [-0.4, -0.2) is 10.2 Å². The van der Waals surface area contributed by atoms with Gasteiger partial charge in [0.25, 0.3) is 0 Å². The summed E-state index contributed by atoms with van der Waals surface area (Å²) in [5.41, 5.74) is 2.38. The van der Waals surface area contributed by atoms with Gasteiger partial charge in [0.05, 0.1) is 11.1 Å². The highest BCUT2D eigenvalue weighted by molar-refractivity contribution is 5.97. The molecule has 0 bridgehead atoms. The normalized spacial score (nSPS) is 9.39. The van der Waals surface area contributed by atoms with E-state index in [1.807, 2.05) is 38.1 Å². The Labute approximate surface area is 192 Å². The van der Waals surface area contributed by atoms with E-state index in [1.54, 1.807) is 36.4 Å². The van der Waals surface area contributed by atoms with Crippen LogP contribution in [0.4, 0.5) is 0 Å². The van der Waals surface area contributed by atoms with E-state index in [1.165, 1.54) is 0 Å². The van der Waals surface area contributed by atoms with Crippen LogP contribution in [0, 0.1) is 59.2 Å². The van der Waals surface area contributed by atoms with E-state index in [9.17, 15) is 10.2 Å². The van der Waals surface area contributed by atoms with E-state index in [2.05, 4.69) is 12.1 Å². The third-order valence-corrected chi connectivity index (χ3v) is 5.34. The Balaban J connectivity index is 0.000000227. The zero-order valence-corrected chi connectivity index (χ0v) is 17.3. The van der Waals surface area contributed by atoms with Gasteiger partial charge in [0.2, 0.25) is 0 Å². The molecule has 0 aliphatic rings. The van der Waals surface area contributed by atoms with Crippen LogP contribution in [0.15, 0.2) is 48.5 Å². The number of nitriles is 4. The second kappa shape index (κ2) is 9.84. The fourth-order valence-corrected chi connectivity index (χ4v) is 3.68. The van der Waals surface area contributed by atoms with Crippen LogP contribution < -0.4 is 0 Å². The number of phenolic OH excluding ortho intramolecular Hbond substituents is 2. The first-order valence-corrected chi connectivity index (χ1v) is 9.50. The topological polar surface area (TPSA) is 136 Å². The third-order valence-electron chi connectivity index (χ3n) is 5.34. The number of hydrogen-bond donors (Lipinski definition) is 2. The minimum Gasteiger partial charge on any atom is -0.506 e. The molecule has 0 fully saturated rings. The van der Waals surface area contributed by atoms with Crippen molar-refractivity contribution in [3.8, 4) is 35.8 Å². The fourth-order valence-electron chi connectivity index (χ4n) is 3.68. The molecule has 0 amide bonds. The molecule has 0 aliphatic heterocycles. The Kier molecular flexibility index (Phi) is 7.23. The molecular weight excluding hydrogens is 412 g/mol. The maximum absolute atomic E-state index is 9.80. The minimum absolute atomic E-state index is 0. The molecule has 160 valence electrons. The zero-order chi connectivity index (χ0) is 23.4. The van der Waals surface area contributed by atoms with Crippen LogP contribution >= 0.6 is 0 Å². The molecule has 6 nitrogen and oxygen atoms in total. The lowest BCUT2D eigenvalue weighted by Crippen LogP contribution is -1.95. The van der Waals surface area contributed by atoms with Crippen LogP contribution in [0.5, 0.6) is 11.5 Å². The van der Waals surface area contributed by atoms with Crippen molar-refractivity contribution in [2.24, 2.45) is 0 Å². The summed E-state index contributed by atoms with van der Waals surface area (Å²) in [6.45, 7) is 3.78. The number of nitrogens with zero attached hydrogens (tertiary/aromatic N) is 4. The van der Waals surface area contributed by atoms with Gasteiger partial charge < -0.3 is 10.2 Å². The standard InChI is InChI=1S/C14H10N2.C12H6N2O2.CH4/c1-9-11-5-3-4-6-12(11)10(2)14(8-16)13(9)7-15;13-5-9-10(6-14)12(16)8-4-2-1-3-7(8)11(9)15;/h3-6H,1-2H3;1-4,15-16H;1H4.